The van der Waals surface area contributed by atoms with Crippen LogP contribution < -0.4 is 10.1 Å². The number of amides is 1. The number of nitrogens with one attached hydrogen (secondary N) is 1. The van der Waals surface area contributed by atoms with Crippen LogP contribution in [0.1, 0.15) is 26.4 Å². The number of benzene rings is 3. The first-order valence-corrected chi connectivity index (χ1v) is 9.29. The SMILES string of the molecule is COc1ccc(Cn2nc(C(=O)Nc3ccccc3C(=O)O)c3ccccc32)cc1. The van der Waals surface area contributed by atoms with Crippen LogP contribution in [0.3, 0.4) is 0 Å². The van der Waals surface area contributed by atoms with E-state index in [0.29, 0.717) is 11.9 Å². The summed E-state index contributed by atoms with van der Waals surface area (Å²) >= 11 is 0. The molecule has 0 aliphatic heterocycles. The number of hydrogen-bond acceptors (Lipinski definition) is 4. The van der Waals surface area contributed by atoms with Crippen LogP contribution in [0.2, 0.25) is 0 Å². The lowest BCUT2D eigenvalue weighted by Crippen LogP contribution is -2.16. The fourth-order valence-electron chi connectivity index (χ4n) is 3.28. The van der Waals surface area contributed by atoms with E-state index in [2.05, 4.69) is 10.4 Å². The van der Waals surface area contributed by atoms with Crippen molar-refractivity contribution in [2.24, 2.45) is 0 Å². The average molecular weight is 401 g/mol. The lowest BCUT2D eigenvalue weighted by atomic mass is 10.1. The number of rotatable bonds is 6. The Balaban J connectivity index is 1.68. The highest BCUT2D eigenvalue weighted by Crippen LogP contribution is 2.23. The van der Waals surface area contributed by atoms with Crippen molar-refractivity contribution in [2.75, 3.05) is 12.4 Å². The summed E-state index contributed by atoms with van der Waals surface area (Å²) < 4.78 is 6.95. The van der Waals surface area contributed by atoms with Gasteiger partial charge in [-0.05, 0) is 35.9 Å². The molecule has 0 aliphatic rings. The summed E-state index contributed by atoms with van der Waals surface area (Å²) in [6.07, 6.45) is 0. The van der Waals surface area contributed by atoms with E-state index in [1.807, 2.05) is 48.5 Å². The molecule has 0 saturated carbocycles. The standard InChI is InChI=1S/C23H19N3O4/c1-30-16-12-10-15(11-13-16)14-26-20-9-5-3-7-18(20)21(25-26)22(27)24-19-8-4-2-6-17(19)23(28)29/h2-13H,14H2,1H3,(H,24,27)(H,28,29). The Kier molecular flexibility index (Phi) is 5.17. The second-order valence-electron chi connectivity index (χ2n) is 6.68. The van der Waals surface area contributed by atoms with Crippen LogP contribution in [-0.2, 0) is 6.54 Å². The number of nitrogens with zero attached hydrogens (tertiary/aromatic N) is 2. The molecule has 150 valence electrons. The summed E-state index contributed by atoms with van der Waals surface area (Å²) in [4.78, 5) is 24.4. The van der Waals surface area contributed by atoms with Gasteiger partial charge in [-0.2, -0.15) is 5.10 Å². The van der Waals surface area contributed by atoms with Gasteiger partial charge < -0.3 is 15.2 Å². The van der Waals surface area contributed by atoms with E-state index in [1.165, 1.54) is 6.07 Å². The van der Waals surface area contributed by atoms with E-state index in [-0.39, 0.29) is 16.9 Å². The maximum atomic E-state index is 13.0. The summed E-state index contributed by atoms with van der Waals surface area (Å²) in [5.74, 6) is -0.810. The molecule has 3 aromatic carbocycles. The molecule has 0 unspecified atom stereocenters. The van der Waals surface area contributed by atoms with Crippen LogP contribution in [-0.4, -0.2) is 33.9 Å². The van der Waals surface area contributed by atoms with Gasteiger partial charge in [0.1, 0.15) is 5.75 Å². The number of carboxylic acid groups (broad SMARTS) is 1. The van der Waals surface area contributed by atoms with Crippen molar-refractivity contribution in [1.29, 1.82) is 0 Å². The van der Waals surface area contributed by atoms with Crippen LogP contribution >= 0.6 is 0 Å². The van der Waals surface area contributed by atoms with Crippen molar-refractivity contribution < 1.29 is 19.4 Å². The number of carbonyl (C=O) groups excluding carboxylic acids is 1. The number of carbonyl (C=O) groups is 2. The molecule has 0 atom stereocenters. The summed E-state index contributed by atoms with van der Waals surface area (Å²) in [5.41, 5.74) is 2.30. The minimum atomic E-state index is -1.11. The molecule has 4 rings (SSSR count). The summed E-state index contributed by atoms with van der Waals surface area (Å²) in [6.45, 7) is 0.476. The van der Waals surface area contributed by atoms with E-state index in [0.717, 1.165) is 16.8 Å². The minimum absolute atomic E-state index is 0.0211. The summed E-state index contributed by atoms with van der Waals surface area (Å²) in [5, 5.41) is 17.2. The average Bonchev–Trinajstić information content (AvgIpc) is 3.13. The van der Waals surface area contributed by atoms with Gasteiger partial charge in [0, 0.05) is 5.39 Å². The summed E-state index contributed by atoms with van der Waals surface area (Å²) in [7, 11) is 1.61. The van der Waals surface area contributed by atoms with Gasteiger partial charge in [-0.25, -0.2) is 4.79 Å². The van der Waals surface area contributed by atoms with Crippen molar-refractivity contribution in [3.05, 3.63) is 89.6 Å². The first-order chi connectivity index (χ1) is 14.6. The topological polar surface area (TPSA) is 93.5 Å². The van der Waals surface area contributed by atoms with Crippen molar-refractivity contribution in [3.8, 4) is 5.75 Å². The Morgan fingerprint density at radius 2 is 1.70 bits per heavy atom. The van der Waals surface area contributed by atoms with Crippen LogP contribution in [0, 0.1) is 0 Å². The molecule has 4 aromatic rings. The van der Waals surface area contributed by atoms with Gasteiger partial charge in [0.2, 0.25) is 0 Å². The van der Waals surface area contributed by atoms with Gasteiger partial charge in [-0.1, -0.05) is 42.5 Å². The lowest BCUT2D eigenvalue weighted by molar-refractivity contribution is 0.0698. The molecule has 0 bridgehead atoms. The number of ether oxygens (including phenoxy) is 1. The van der Waals surface area contributed by atoms with Gasteiger partial charge in [-0.15, -0.1) is 0 Å². The molecule has 30 heavy (non-hydrogen) atoms. The monoisotopic (exact) mass is 401 g/mol. The van der Waals surface area contributed by atoms with E-state index < -0.39 is 11.9 Å². The highest BCUT2D eigenvalue weighted by atomic mass is 16.5. The summed E-state index contributed by atoms with van der Waals surface area (Å²) in [6, 6.07) is 21.3. The molecule has 0 fully saturated rings. The predicted octanol–water partition coefficient (Wildman–Crippen LogP) is 4.04. The van der Waals surface area contributed by atoms with Crippen molar-refractivity contribution in [3.63, 3.8) is 0 Å². The Morgan fingerprint density at radius 3 is 2.43 bits per heavy atom. The Bertz CT molecular complexity index is 1230. The van der Waals surface area contributed by atoms with E-state index >= 15 is 0 Å². The molecule has 7 nitrogen and oxygen atoms in total. The van der Waals surface area contributed by atoms with Gasteiger partial charge in [0.25, 0.3) is 5.91 Å². The quantitative estimate of drug-likeness (QED) is 0.509. The van der Waals surface area contributed by atoms with Crippen LogP contribution in [0.15, 0.2) is 72.8 Å². The normalized spacial score (nSPS) is 10.7. The number of carboxylic acids is 1. The van der Waals surface area contributed by atoms with Gasteiger partial charge in [0.15, 0.2) is 5.69 Å². The predicted molar refractivity (Wildman–Crippen MR) is 113 cm³/mol. The third kappa shape index (κ3) is 3.73. The number of para-hydroxylation sites is 2. The number of fused-ring (bicyclic) bond motifs is 1. The maximum Gasteiger partial charge on any atom is 0.337 e. The van der Waals surface area contributed by atoms with E-state index in [4.69, 9.17) is 4.74 Å². The molecule has 0 spiro atoms. The fourth-order valence-corrected chi connectivity index (χ4v) is 3.28. The van der Waals surface area contributed by atoms with E-state index in [1.54, 1.807) is 30.0 Å². The molecule has 1 aromatic heterocycles. The molecule has 0 saturated heterocycles. The van der Waals surface area contributed by atoms with Crippen LogP contribution in [0.4, 0.5) is 5.69 Å². The molecular weight excluding hydrogens is 382 g/mol. The number of aromatic nitrogens is 2. The largest absolute Gasteiger partial charge is 0.497 e. The van der Waals surface area contributed by atoms with Crippen LogP contribution in [0.25, 0.3) is 10.9 Å². The molecule has 0 aliphatic carbocycles. The first-order valence-electron chi connectivity index (χ1n) is 9.29. The number of methoxy groups -OCH3 is 1. The minimum Gasteiger partial charge on any atom is -0.497 e. The molecule has 1 amide bonds. The molecule has 1 heterocycles. The molecule has 2 N–H and O–H groups in total. The zero-order valence-corrected chi connectivity index (χ0v) is 16.2. The second-order valence-corrected chi connectivity index (χ2v) is 6.68. The van der Waals surface area contributed by atoms with E-state index in [9.17, 15) is 14.7 Å². The molecule has 7 heteroatoms. The Morgan fingerprint density at radius 1 is 1.00 bits per heavy atom. The lowest BCUT2D eigenvalue weighted by Gasteiger charge is -2.07. The van der Waals surface area contributed by atoms with Gasteiger partial charge in [0.05, 0.1) is 30.4 Å². The smallest absolute Gasteiger partial charge is 0.337 e. The molecular formula is C23H19N3O4. The third-order valence-corrected chi connectivity index (χ3v) is 4.77. The highest BCUT2D eigenvalue weighted by molar-refractivity contribution is 6.12. The third-order valence-electron chi connectivity index (χ3n) is 4.77. The number of hydrogen-bond donors (Lipinski definition) is 2. The highest BCUT2D eigenvalue weighted by Gasteiger charge is 2.19. The van der Waals surface area contributed by atoms with Crippen molar-refractivity contribution >= 4 is 28.5 Å². The first kappa shape index (κ1) is 19.2. The zero-order chi connectivity index (χ0) is 21.1. The molecule has 0 radical (unpaired) electrons. The van der Waals surface area contributed by atoms with Gasteiger partial charge >= 0.3 is 5.97 Å². The second kappa shape index (κ2) is 8.08. The maximum absolute atomic E-state index is 13.0. The Hall–Kier alpha value is -4.13. The number of aromatic carboxylic acids is 1. The van der Waals surface area contributed by atoms with Crippen LogP contribution in [0.5, 0.6) is 5.75 Å². The van der Waals surface area contributed by atoms with Crippen molar-refractivity contribution in [1.82, 2.24) is 9.78 Å². The zero-order valence-electron chi connectivity index (χ0n) is 16.2. The van der Waals surface area contributed by atoms with Crippen molar-refractivity contribution in [2.45, 2.75) is 6.54 Å². The van der Waals surface area contributed by atoms with Gasteiger partial charge in [-0.3, -0.25) is 9.48 Å². The Labute approximate surface area is 172 Å². The number of anilines is 1. The fraction of sp³-hybridized carbons (Fsp3) is 0.0870.